The summed E-state index contributed by atoms with van der Waals surface area (Å²) in [6, 6.07) is 10.2. The fourth-order valence-electron chi connectivity index (χ4n) is 14.9. The van der Waals surface area contributed by atoms with Crippen LogP contribution >= 0.6 is 11.6 Å². The molecule has 1 spiro atoms. The van der Waals surface area contributed by atoms with Gasteiger partial charge in [0, 0.05) is 104 Å². The number of H-pyrrole nitrogens is 1. The van der Waals surface area contributed by atoms with E-state index in [1.807, 2.05) is 62.2 Å². The Bertz CT molecular complexity index is 2730. The van der Waals surface area contributed by atoms with Gasteiger partial charge in [0.25, 0.3) is 5.91 Å². The molecule has 3 amide bonds. The first-order valence-corrected chi connectivity index (χ1v) is 26.7. The highest BCUT2D eigenvalue weighted by Gasteiger charge is 2.78. The van der Waals surface area contributed by atoms with Gasteiger partial charge < -0.3 is 70.5 Å². The average Bonchev–Trinajstić information content (AvgIpc) is 4.25. The van der Waals surface area contributed by atoms with Crippen LogP contribution in [0.5, 0.6) is 5.75 Å². The summed E-state index contributed by atoms with van der Waals surface area (Å²) >= 11 is 5.40. The van der Waals surface area contributed by atoms with Crippen molar-refractivity contribution >= 4 is 46.1 Å². The fraction of sp³-hybridized carbons (Fsp3) is 0.642. The monoisotopic (exact) mass is 1080 g/mol. The number of carbonyl (C=O) groups excluding carboxylic acids is 3. The Morgan fingerprint density at radius 3 is 2.41 bits per heavy atom. The minimum Gasteiger partial charge on any atom is -0.496 e. The molecule has 2 aromatic carbocycles. The third-order valence-corrected chi connectivity index (χ3v) is 18.4. The second-order valence-electron chi connectivity index (χ2n) is 21.8. The summed E-state index contributed by atoms with van der Waals surface area (Å²) in [5.74, 6) is -0.975. The molecule has 7 aliphatic rings. The number of piperidine rings is 1. The van der Waals surface area contributed by atoms with Crippen molar-refractivity contribution in [3.8, 4) is 5.75 Å². The smallest absolute Gasteiger partial charge is 0.340 e. The molecule has 15 atom stereocenters. The summed E-state index contributed by atoms with van der Waals surface area (Å²) in [6.45, 7) is 7.09. The number of urea groups is 1. The van der Waals surface area contributed by atoms with E-state index in [9.17, 15) is 45.1 Å². The Balaban J connectivity index is 0.000000284. The topological polar surface area (TPSA) is 306 Å². The zero-order valence-electron chi connectivity index (χ0n) is 43.9. The summed E-state index contributed by atoms with van der Waals surface area (Å²) in [5, 5.41) is 72.3. The number of aromatic amines is 1. The van der Waals surface area contributed by atoms with Gasteiger partial charge in [-0.05, 0) is 74.2 Å². The molecule has 0 radical (unpaired) electrons. The number of aromatic nitrogens is 1. The Labute approximate surface area is 445 Å². The third-order valence-electron chi connectivity index (χ3n) is 18.2. The molecule has 1 aromatic heterocycles. The molecule has 416 valence electrons. The van der Waals surface area contributed by atoms with Gasteiger partial charge in [-0.15, -0.1) is 16.5 Å². The second kappa shape index (κ2) is 21.0. The number of fused-ring (bicyclic) bond motifs is 6. The van der Waals surface area contributed by atoms with Crippen LogP contribution in [0.3, 0.4) is 0 Å². The highest BCUT2D eigenvalue weighted by molar-refractivity contribution is 6.18. The first-order valence-electron chi connectivity index (χ1n) is 26.1. The first-order chi connectivity index (χ1) is 36.2. The van der Waals surface area contributed by atoms with Crippen molar-refractivity contribution in [2.45, 2.75) is 123 Å². The van der Waals surface area contributed by atoms with Crippen LogP contribution in [-0.2, 0) is 41.1 Å². The maximum Gasteiger partial charge on any atom is 0.340 e. The van der Waals surface area contributed by atoms with Crippen LogP contribution in [0.25, 0.3) is 10.9 Å². The van der Waals surface area contributed by atoms with Crippen LogP contribution < -0.4 is 20.7 Å². The number of para-hydroxylation sites is 1. The van der Waals surface area contributed by atoms with Gasteiger partial charge in [0.05, 0.1) is 37.7 Å². The van der Waals surface area contributed by atoms with E-state index in [0.717, 1.165) is 46.5 Å². The molecule has 10 N–H and O–H groups in total. The number of ether oxygens (including phenoxy) is 4. The normalized spacial score (nSPS) is 37.2. The Kier molecular flexibility index (Phi) is 15.4. The lowest BCUT2D eigenvalue weighted by Gasteiger charge is -2.63. The third kappa shape index (κ3) is 8.40. The molecular weight excluding hydrogens is 1010 g/mol. The molecule has 2 bridgehead atoms. The molecule has 7 heterocycles. The number of benzene rings is 2. The van der Waals surface area contributed by atoms with Crippen molar-refractivity contribution < 1.29 is 64.0 Å². The number of likely N-dealkylation sites (N-methyl/N-ethyl adjacent to an activating group) is 1. The number of halogens is 1. The number of amides is 3. The van der Waals surface area contributed by atoms with Gasteiger partial charge in [-0.25, -0.2) is 4.79 Å². The number of nitrogens with one attached hydrogen (secondary N) is 2. The Hall–Kier alpha value is -4.98. The maximum absolute atomic E-state index is 15.2. The van der Waals surface area contributed by atoms with Gasteiger partial charge in [-0.1, -0.05) is 44.2 Å². The van der Waals surface area contributed by atoms with Crippen molar-refractivity contribution in [2.75, 3.05) is 85.0 Å². The quantitative estimate of drug-likeness (QED) is 0.0403. The van der Waals surface area contributed by atoms with Gasteiger partial charge in [0.1, 0.15) is 41.7 Å². The number of alkyl halides is 1. The summed E-state index contributed by atoms with van der Waals surface area (Å²) in [7, 11) is 6.15. The highest BCUT2D eigenvalue weighted by Crippen LogP contribution is 2.67. The molecule has 76 heavy (non-hydrogen) atoms. The fourth-order valence-corrected chi connectivity index (χ4v) is 15.0. The number of primary amides is 1. The Morgan fingerprint density at radius 1 is 1.00 bits per heavy atom. The molecule has 1 aliphatic carbocycles. The minimum atomic E-state index is -2.30. The number of aliphatic hydroxyl groups is 6. The van der Waals surface area contributed by atoms with Crippen molar-refractivity contribution in [1.29, 1.82) is 0 Å². The molecule has 23 heteroatoms. The van der Waals surface area contributed by atoms with Crippen LogP contribution in [0.1, 0.15) is 68.3 Å². The molecular formula is C53H73ClN8O14. The second-order valence-corrected chi connectivity index (χ2v) is 22.2. The number of hydrogen-bond acceptors (Lipinski definition) is 18. The van der Waals surface area contributed by atoms with Crippen LogP contribution in [-0.4, -0.2) is 209 Å². The standard InChI is InChI=1S/C43H55N5O7.C10H18ClN3O7/c1-6-39(52)21-25-22-42(38(51)55-5,33-27(13-17-47(23-25)24-39)26-11-8-9-12-30(26)45-33)29-19-28-31(20-32(29)54-4)46(3)35-41(28)15-18-48-16-10-14-40(7-2,34(41)48)36(49)43(35,53)37(44)50;1-20-9-8(17)7(16)6(15)5(21-9)4-12-10(18)14(13-19)3-2-11/h8-12,14,19-20,25,34-36,45,49,52-53H,6-7,13,15-18,21-24H2,1-5H3,(H2,44,50);5-9,15-17H,2-4H2,1H3,(H,12,18)/t25-,34+,35-,36-,39+,40-,41-,42+,43+;5-,6-,7+,8-,9+/m11/s1. The van der Waals surface area contributed by atoms with Crippen molar-refractivity contribution in [2.24, 2.45) is 22.4 Å². The predicted molar refractivity (Wildman–Crippen MR) is 278 cm³/mol. The largest absolute Gasteiger partial charge is 0.496 e. The van der Waals surface area contributed by atoms with Gasteiger partial charge in [-0.3, -0.25) is 19.4 Å². The number of nitrogens with zero attached hydrogens (tertiary/aromatic N) is 5. The highest BCUT2D eigenvalue weighted by atomic mass is 35.5. The van der Waals surface area contributed by atoms with E-state index >= 15 is 4.79 Å². The Morgan fingerprint density at radius 2 is 1.75 bits per heavy atom. The molecule has 1 saturated carbocycles. The lowest BCUT2D eigenvalue weighted by Crippen LogP contribution is -2.81. The van der Waals surface area contributed by atoms with Crippen LogP contribution in [0.15, 0.2) is 53.8 Å². The molecule has 6 aliphatic heterocycles. The number of aliphatic hydroxyl groups excluding tert-OH is 4. The SMILES string of the molecule is CC[C@]1(O)C[C@H]2CN(CCc3c([nH]c4ccccc34)[C@@](C(=O)OC)(c3cc4c(cc3OC)N(C)[C@H]3[C@@](O)(C(N)=O)[C@H](O)[C@]5(CC)C=CCN6CC[C@]43[C@@H]65)C2)C1.CO[C@H]1O[C@H](CNC(=O)N(CCCl)N=O)[C@@H](O)[C@H](O)[C@H]1O. The van der Waals surface area contributed by atoms with E-state index < -0.39 is 88.2 Å². The number of carbonyl (C=O) groups is 3. The molecule has 3 aromatic rings. The number of anilines is 1. The summed E-state index contributed by atoms with van der Waals surface area (Å²) in [5.41, 5.74) is 4.72. The zero-order valence-corrected chi connectivity index (χ0v) is 44.6. The van der Waals surface area contributed by atoms with Gasteiger partial charge in [-0.2, -0.15) is 5.01 Å². The van der Waals surface area contributed by atoms with Gasteiger partial charge in [0.15, 0.2) is 11.9 Å². The predicted octanol–water partition coefficient (Wildman–Crippen LogP) is 1.10. The zero-order chi connectivity index (χ0) is 54.9. The minimum absolute atomic E-state index is 0.0262. The van der Waals surface area contributed by atoms with E-state index in [1.54, 1.807) is 7.11 Å². The number of hydrogen-bond donors (Lipinski definition) is 9. The lowest BCUT2D eigenvalue weighted by molar-refractivity contribution is -0.288. The van der Waals surface area contributed by atoms with E-state index in [4.69, 9.17) is 36.3 Å². The summed E-state index contributed by atoms with van der Waals surface area (Å²) in [4.78, 5) is 61.3. The number of rotatable bonds is 12. The number of methoxy groups -OCH3 is 3. The molecule has 3 saturated heterocycles. The van der Waals surface area contributed by atoms with Gasteiger partial charge >= 0.3 is 12.0 Å². The van der Waals surface area contributed by atoms with E-state index in [-0.39, 0.29) is 30.9 Å². The summed E-state index contributed by atoms with van der Waals surface area (Å²) < 4.78 is 22.2. The van der Waals surface area contributed by atoms with Crippen LogP contribution in [0.4, 0.5) is 10.5 Å². The molecule has 22 nitrogen and oxygen atoms in total. The first kappa shape index (κ1) is 55.8. The number of nitrogens with two attached hydrogens (primary N) is 1. The van der Waals surface area contributed by atoms with E-state index in [2.05, 4.69) is 37.5 Å². The van der Waals surface area contributed by atoms with Crippen molar-refractivity contribution in [3.63, 3.8) is 0 Å². The average molecular weight is 1080 g/mol. The number of esters is 1. The van der Waals surface area contributed by atoms with E-state index in [0.29, 0.717) is 74.5 Å². The molecule has 1 unspecified atom stereocenters. The van der Waals surface area contributed by atoms with Crippen LogP contribution in [0, 0.1) is 16.2 Å². The molecule has 10 rings (SSSR count). The maximum atomic E-state index is 15.2. The van der Waals surface area contributed by atoms with Crippen molar-refractivity contribution in [3.05, 3.63) is 75.8 Å². The van der Waals surface area contributed by atoms with Gasteiger partial charge in [0.2, 0.25) is 0 Å². The van der Waals surface area contributed by atoms with Crippen molar-refractivity contribution in [1.82, 2.24) is 25.1 Å². The summed E-state index contributed by atoms with van der Waals surface area (Å²) in [6.07, 6.45) is -0.732. The van der Waals surface area contributed by atoms with Crippen LogP contribution in [0.2, 0.25) is 0 Å². The molecule has 4 fully saturated rings. The van der Waals surface area contributed by atoms with E-state index in [1.165, 1.54) is 14.2 Å². The lowest BCUT2D eigenvalue weighted by atomic mass is 9.47. The number of nitroso groups, excluding NO2 is 1.